The molecule has 558 valence electrons. The Bertz CT molecular complexity index is 1840. The van der Waals surface area contributed by atoms with E-state index in [4.69, 9.17) is 37.0 Å². The van der Waals surface area contributed by atoms with Crippen LogP contribution in [0.3, 0.4) is 0 Å². The van der Waals surface area contributed by atoms with E-state index < -0.39 is 97.5 Å². The standard InChI is InChI=1S/C75H146O17P2/c1-8-9-10-11-12-13-14-15-16-17-21-24-27-35-42-49-56-72(77)85-62-70(91-74(79)58-51-44-36-28-25-22-19-18-20-23-26-32-39-46-53-66(2)3)64-89-93(81,82)87-60-69(76)61-88-94(83,84)90-65-71(63-86-73(78)57-50-43-38-31-34-41-48-55-68(6)7)92-75(80)59-52-45-37-30-29-33-40-47-54-67(4)5/h66-71,76H,8-65H2,1-7H3,(H,81,82)(H,83,84)/t69-,70-,71-/m1/s1. The van der Waals surface area contributed by atoms with Crippen molar-refractivity contribution in [1.29, 1.82) is 0 Å². The molecule has 0 heterocycles. The Morgan fingerprint density at radius 2 is 0.489 bits per heavy atom. The Hall–Kier alpha value is -1.94. The third kappa shape index (κ3) is 68.6. The summed E-state index contributed by atoms with van der Waals surface area (Å²) in [6.07, 6.45) is 51.5. The molecule has 0 radical (unpaired) electrons. The summed E-state index contributed by atoms with van der Waals surface area (Å²) < 4.78 is 68.5. The van der Waals surface area contributed by atoms with Crippen LogP contribution in [-0.4, -0.2) is 96.7 Å². The lowest BCUT2D eigenvalue weighted by atomic mass is 10.0. The number of aliphatic hydroxyl groups is 1. The molecule has 0 bridgehead atoms. The molecule has 0 aromatic carbocycles. The molecule has 0 spiro atoms. The molecule has 0 saturated carbocycles. The van der Waals surface area contributed by atoms with Crippen LogP contribution in [-0.2, 0) is 65.4 Å². The smallest absolute Gasteiger partial charge is 0.462 e. The van der Waals surface area contributed by atoms with Crippen LogP contribution in [0.15, 0.2) is 0 Å². The first-order chi connectivity index (χ1) is 45.2. The molecule has 0 aliphatic heterocycles. The molecule has 0 rings (SSSR count). The van der Waals surface area contributed by atoms with Crippen LogP contribution < -0.4 is 0 Å². The van der Waals surface area contributed by atoms with E-state index in [-0.39, 0.29) is 25.7 Å². The van der Waals surface area contributed by atoms with Crippen molar-refractivity contribution in [2.45, 2.75) is 401 Å². The first-order valence-electron chi connectivity index (χ1n) is 38.8. The van der Waals surface area contributed by atoms with Gasteiger partial charge >= 0.3 is 39.5 Å². The van der Waals surface area contributed by atoms with E-state index in [2.05, 4.69) is 48.5 Å². The molecule has 0 aliphatic carbocycles. The van der Waals surface area contributed by atoms with E-state index in [1.165, 1.54) is 186 Å². The van der Waals surface area contributed by atoms with Gasteiger partial charge in [-0.1, -0.05) is 331 Å². The van der Waals surface area contributed by atoms with Crippen LogP contribution in [0.25, 0.3) is 0 Å². The topological polar surface area (TPSA) is 237 Å². The first-order valence-corrected chi connectivity index (χ1v) is 41.8. The Balaban J connectivity index is 5.24. The minimum Gasteiger partial charge on any atom is -0.462 e. The molecular formula is C75H146O17P2. The summed E-state index contributed by atoms with van der Waals surface area (Å²) >= 11 is 0. The number of hydrogen-bond donors (Lipinski definition) is 3. The number of unbranched alkanes of at least 4 members (excludes halogenated alkanes) is 41. The summed E-state index contributed by atoms with van der Waals surface area (Å²) in [5, 5.41) is 10.6. The van der Waals surface area contributed by atoms with Gasteiger partial charge < -0.3 is 33.8 Å². The molecule has 2 unspecified atom stereocenters. The van der Waals surface area contributed by atoms with Gasteiger partial charge in [0.15, 0.2) is 12.2 Å². The quantitative estimate of drug-likeness (QED) is 0.0222. The zero-order chi connectivity index (χ0) is 69.4. The van der Waals surface area contributed by atoms with Gasteiger partial charge in [-0.15, -0.1) is 0 Å². The molecular weight excluding hydrogens is 1230 g/mol. The highest BCUT2D eigenvalue weighted by Crippen LogP contribution is 2.45. The summed E-state index contributed by atoms with van der Waals surface area (Å²) in [7, 11) is -9.91. The SMILES string of the molecule is CCCCCCCCCCCCCCCCCCC(=O)OC[C@H](COP(=O)(O)OC[C@@H](O)COP(=O)(O)OC[C@@H](COC(=O)CCCCCCCCCC(C)C)OC(=O)CCCCCCCCCCC(C)C)OC(=O)CCCCCCCCCCCCCCCCC(C)C. The van der Waals surface area contributed by atoms with Crippen LogP contribution in [0.5, 0.6) is 0 Å². The van der Waals surface area contributed by atoms with Crippen molar-refractivity contribution in [2.24, 2.45) is 17.8 Å². The predicted octanol–water partition coefficient (Wildman–Crippen LogP) is 21.8. The van der Waals surface area contributed by atoms with Gasteiger partial charge in [0, 0.05) is 25.7 Å². The summed E-state index contributed by atoms with van der Waals surface area (Å²) in [6.45, 7) is 11.8. The van der Waals surface area contributed by atoms with Gasteiger partial charge in [-0.2, -0.15) is 0 Å². The minimum absolute atomic E-state index is 0.104. The monoisotopic (exact) mass is 1380 g/mol. The van der Waals surface area contributed by atoms with Crippen molar-refractivity contribution in [2.75, 3.05) is 39.6 Å². The molecule has 0 aliphatic rings. The van der Waals surface area contributed by atoms with Gasteiger partial charge in [0.25, 0.3) is 0 Å². The van der Waals surface area contributed by atoms with E-state index in [1.54, 1.807) is 0 Å². The first kappa shape index (κ1) is 92.1. The number of esters is 4. The largest absolute Gasteiger partial charge is 0.472 e. The van der Waals surface area contributed by atoms with Gasteiger partial charge in [-0.25, -0.2) is 9.13 Å². The van der Waals surface area contributed by atoms with Crippen molar-refractivity contribution < 1.29 is 80.2 Å². The average Bonchev–Trinajstić information content (AvgIpc) is 1.28. The van der Waals surface area contributed by atoms with Gasteiger partial charge in [0.1, 0.15) is 19.3 Å². The van der Waals surface area contributed by atoms with E-state index in [1.807, 2.05) is 0 Å². The highest BCUT2D eigenvalue weighted by atomic mass is 31.2. The number of ether oxygens (including phenoxy) is 4. The molecule has 0 aromatic heterocycles. The summed E-state index contributed by atoms with van der Waals surface area (Å²) in [5.41, 5.74) is 0. The van der Waals surface area contributed by atoms with Crippen molar-refractivity contribution in [3.63, 3.8) is 0 Å². The van der Waals surface area contributed by atoms with E-state index in [9.17, 15) is 43.2 Å². The number of phosphoric ester groups is 2. The Morgan fingerprint density at radius 1 is 0.287 bits per heavy atom. The second kappa shape index (κ2) is 65.7. The second-order valence-electron chi connectivity index (χ2n) is 28.5. The molecule has 94 heavy (non-hydrogen) atoms. The second-order valence-corrected chi connectivity index (χ2v) is 31.4. The Morgan fingerprint density at radius 3 is 0.723 bits per heavy atom. The van der Waals surface area contributed by atoms with E-state index >= 15 is 0 Å². The number of carbonyl (C=O) groups is 4. The molecule has 17 nitrogen and oxygen atoms in total. The highest BCUT2D eigenvalue weighted by Gasteiger charge is 2.30. The molecule has 5 atom stereocenters. The molecule has 0 amide bonds. The lowest BCUT2D eigenvalue weighted by molar-refractivity contribution is -0.161. The van der Waals surface area contributed by atoms with Gasteiger partial charge in [0.2, 0.25) is 0 Å². The fraction of sp³-hybridized carbons (Fsp3) is 0.947. The maximum Gasteiger partial charge on any atom is 0.472 e. The minimum atomic E-state index is -4.96. The molecule has 0 fully saturated rings. The predicted molar refractivity (Wildman–Crippen MR) is 381 cm³/mol. The summed E-state index contributed by atoms with van der Waals surface area (Å²) in [4.78, 5) is 72.7. The molecule has 0 aromatic rings. The average molecular weight is 1380 g/mol. The van der Waals surface area contributed by atoms with Crippen molar-refractivity contribution >= 4 is 39.5 Å². The number of hydrogen-bond acceptors (Lipinski definition) is 15. The van der Waals surface area contributed by atoms with Crippen molar-refractivity contribution in [3.8, 4) is 0 Å². The third-order valence-electron chi connectivity index (χ3n) is 17.4. The third-order valence-corrected chi connectivity index (χ3v) is 19.3. The zero-order valence-electron chi connectivity index (χ0n) is 61.4. The van der Waals surface area contributed by atoms with Crippen LogP contribution in [0.4, 0.5) is 0 Å². The fourth-order valence-corrected chi connectivity index (χ4v) is 13.0. The number of rotatable bonds is 73. The zero-order valence-corrected chi connectivity index (χ0v) is 63.2. The molecule has 3 N–H and O–H groups in total. The van der Waals surface area contributed by atoms with Crippen molar-refractivity contribution in [1.82, 2.24) is 0 Å². The number of carbonyl (C=O) groups excluding carboxylic acids is 4. The lowest BCUT2D eigenvalue weighted by Crippen LogP contribution is -2.30. The summed E-state index contributed by atoms with van der Waals surface area (Å²) in [5.74, 6) is 0.0973. The molecule has 19 heteroatoms. The van der Waals surface area contributed by atoms with Gasteiger partial charge in [0.05, 0.1) is 26.4 Å². The number of aliphatic hydroxyl groups excluding tert-OH is 1. The fourth-order valence-electron chi connectivity index (χ4n) is 11.4. The Labute approximate surface area is 575 Å². The van der Waals surface area contributed by atoms with E-state index in [0.29, 0.717) is 31.6 Å². The Kier molecular flexibility index (Phi) is 64.3. The van der Waals surface area contributed by atoms with Crippen LogP contribution >= 0.6 is 15.6 Å². The lowest BCUT2D eigenvalue weighted by Gasteiger charge is -2.21. The van der Waals surface area contributed by atoms with Crippen molar-refractivity contribution in [3.05, 3.63) is 0 Å². The van der Waals surface area contributed by atoms with Crippen LogP contribution in [0.2, 0.25) is 0 Å². The maximum atomic E-state index is 13.1. The van der Waals surface area contributed by atoms with Crippen LogP contribution in [0.1, 0.15) is 382 Å². The van der Waals surface area contributed by atoms with Gasteiger partial charge in [-0.3, -0.25) is 37.3 Å². The molecule has 0 saturated heterocycles. The normalized spacial score (nSPS) is 14.1. The van der Waals surface area contributed by atoms with Gasteiger partial charge in [-0.05, 0) is 43.4 Å². The number of phosphoric acid groups is 2. The summed E-state index contributed by atoms with van der Waals surface area (Å²) in [6, 6.07) is 0. The van der Waals surface area contributed by atoms with Crippen LogP contribution in [0, 0.1) is 17.8 Å². The highest BCUT2D eigenvalue weighted by molar-refractivity contribution is 7.47. The maximum absolute atomic E-state index is 13.1. The van der Waals surface area contributed by atoms with E-state index in [0.717, 1.165) is 108 Å².